The molecule has 0 aliphatic heterocycles. The number of allylic oxidation sites excluding steroid dienone is 13. The monoisotopic (exact) mass is 416 g/mol. The molecule has 0 bridgehead atoms. The fourth-order valence-corrected chi connectivity index (χ4v) is 2.11. The summed E-state index contributed by atoms with van der Waals surface area (Å²) in [4.78, 5) is 0. The van der Waals surface area contributed by atoms with E-state index in [1.165, 1.54) is 0 Å². The first-order valence-electron chi connectivity index (χ1n) is 11.5. The largest absolute Gasteiger partial charge is 0.494 e. The van der Waals surface area contributed by atoms with Gasteiger partial charge in [0, 0.05) is 7.11 Å². The number of ether oxygens (including phenoxy) is 1. The first kappa shape index (κ1) is 32.6. The van der Waals surface area contributed by atoms with Gasteiger partial charge in [-0.15, -0.1) is 0 Å². The highest BCUT2D eigenvalue weighted by atomic mass is 16.5. The van der Waals surface area contributed by atoms with Gasteiger partial charge >= 0.3 is 0 Å². The highest BCUT2D eigenvalue weighted by molar-refractivity contribution is 5.18. The third-order valence-electron chi connectivity index (χ3n) is 3.62. The van der Waals surface area contributed by atoms with Crippen molar-refractivity contribution >= 4 is 0 Å². The van der Waals surface area contributed by atoms with Gasteiger partial charge in [0.05, 0.1) is 6.61 Å². The Morgan fingerprint density at radius 2 is 1.47 bits per heavy atom. The van der Waals surface area contributed by atoms with Crippen molar-refractivity contribution in [2.75, 3.05) is 13.7 Å². The molecule has 0 rings (SSSR count). The zero-order chi connectivity index (χ0) is 23.3. The van der Waals surface area contributed by atoms with Crippen LogP contribution in [0.15, 0.2) is 84.7 Å². The van der Waals surface area contributed by atoms with Gasteiger partial charge in [0.15, 0.2) is 0 Å². The van der Waals surface area contributed by atoms with E-state index in [2.05, 4.69) is 81.5 Å². The van der Waals surface area contributed by atoms with Crippen LogP contribution in [0.3, 0.4) is 0 Å². The van der Waals surface area contributed by atoms with E-state index < -0.39 is 0 Å². The fourth-order valence-electron chi connectivity index (χ4n) is 2.11. The van der Waals surface area contributed by atoms with E-state index >= 15 is 0 Å². The predicted octanol–water partition coefficient (Wildman–Crippen LogP) is 8.51. The minimum absolute atomic E-state index is 0.501. The first-order valence-corrected chi connectivity index (χ1v) is 11.5. The van der Waals surface area contributed by atoms with Gasteiger partial charge in [-0.3, -0.25) is 0 Å². The molecule has 1 atom stereocenters. The van der Waals surface area contributed by atoms with Crippen LogP contribution >= 0.6 is 0 Å². The highest BCUT2D eigenvalue weighted by Gasteiger charge is 1.98. The van der Waals surface area contributed by atoms with E-state index in [1.54, 1.807) is 0 Å². The molecule has 2 heteroatoms. The normalized spacial score (nSPS) is 13.4. The third kappa shape index (κ3) is 28.2. The summed E-state index contributed by atoms with van der Waals surface area (Å²) in [5.41, 5.74) is 0. The van der Waals surface area contributed by atoms with Crippen LogP contribution in [0.5, 0.6) is 0 Å². The Kier molecular flexibility index (Phi) is 34.4. The van der Waals surface area contributed by atoms with Gasteiger partial charge < -0.3 is 9.84 Å². The molecule has 172 valence electrons. The SMILES string of the molecule is CC.CO.C\C=C/C(=C\C=C\CC)OCCC(C)/C=C/C=C\C=C\CC/C=C\CC. The smallest absolute Gasteiger partial charge is 0.118 e. The maximum Gasteiger partial charge on any atom is 0.118 e. The molecule has 0 radical (unpaired) electrons. The minimum atomic E-state index is 0.501. The second kappa shape index (κ2) is 31.6. The predicted molar refractivity (Wildman–Crippen MR) is 138 cm³/mol. The Balaban J connectivity index is -0.00000171. The third-order valence-corrected chi connectivity index (χ3v) is 3.62. The van der Waals surface area contributed by atoms with Crippen molar-refractivity contribution in [2.24, 2.45) is 5.92 Å². The van der Waals surface area contributed by atoms with Crippen LogP contribution in [0.25, 0.3) is 0 Å². The molecule has 0 aromatic heterocycles. The summed E-state index contributed by atoms with van der Waals surface area (Å²) < 4.78 is 5.85. The van der Waals surface area contributed by atoms with Crippen LogP contribution in [0.2, 0.25) is 0 Å². The molecule has 0 saturated heterocycles. The minimum Gasteiger partial charge on any atom is -0.494 e. The number of aliphatic hydroxyl groups is 1. The standard InChI is InChI=1S/C25H38O.C2H6.CH4O/c1-5-8-10-11-12-13-14-15-16-18-20-24(4)22-23-26-25(19-7-3)21-17-9-6-2;2*1-2/h7-10,13-21,24H,5-6,11-12,22-23H2,1-4H3;1-2H3;2H,1H3/b10-8-,14-13+,16-15-,17-9+,19-7-,20-18+,25-21+;;. The summed E-state index contributed by atoms with van der Waals surface area (Å²) in [5.74, 6) is 1.42. The molecule has 1 N–H and O–H groups in total. The van der Waals surface area contributed by atoms with E-state index in [9.17, 15) is 0 Å². The lowest BCUT2D eigenvalue weighted by Crippen LogP contribution is -1.99. The van der Waals surface area contributed by atoms with Gasteiger partial charge in [-0.1, -0.05) is 101 Å². The molecular weight excluding hydrogens is 368 g/mol. The van der Waals surface area contributed by atoms with Gasteiger partial charge in [-0.2, -0.15) is 0 Å². The lowest BCUT2D eigenvalue weighted by atomic mass is 10.1. The number of rotatable bonds is 14. The van der Waals surface area contributed by atoms with E-state index in [0.29, 0.717) is 5.92 Å². The molecule has 0 saturated carbocycles. The molecular formula is C28H48O2. The summed E-state index contributed by atoms with van der Waals surface area (Å²) in [6, 6.07) is 0. The van der Waals surface area contributed by atoms with Gasteiger partial charge in [0.1, 0.15) is 5.76 Å². The average molecular weight is 417 g/mol. The molecule has 0 amide bonds. The number of hydrogen-bond donors (Lipinski definition) is 1. The van der Waals surface area contributed by atoms with E-state index in [1.807, 2.05) is 39.0 Å². The zero-order valence-corrected chi connectivity index (χ0v) is 20.7. The number of unbranched alkanes of at least 4 members (excludes halogenated alkanes) is 1. The molecule has 0 fully saturated rings. The summed E-state index contributed by atoms with van der Waals surface area (Å²) in [7, 11) is 1.00. The molecule has 0 aliphatic carbocycles. The molecule has 0 aromatic carbocycles. The second-order valence-corrected chi connectivity index (χ2v) is 6.17. The van der Waals surface area contributed by atoms with Gasteiger partial charge in [0.2, 0.25) is 0 Å². The van der Waals surface area contributed by atoms with E-state index in [4.69, 9.17) is 9.84 Å². The summed E-state index contributed by atoms with van der Waals surface area (Å²) in [5, 5.41) is 7.00. The van der Waals surface area contributed by atoms with Crippen molar-refractivity contribution in [3.63, 3.8) is 0 Å². The number of hydrogen-bond acceptors (Lipinski definition) is 2. The molecule has 2 nitrogen and oxygen atoms in total. The molecule has 1 unspecified atom stereocenters. The average Bonchev–Trinajstić information content (AvgIpc) is 2.78. The molecule has 0 heterocycles. The molecule has 0 aliphatic rings. The van der Waals surface area contributed by atoms with Crippen molar-refractivity contribution in [1.82, 2.24) is 0 Å². The van der Waals surface area contributed by atoms with Crippen molar-refractivity contribution in [3.8, 4) is 0 Å². The lowest BCUT2D eigenvalue weighted by molar-refractivity contribution is 0.211. The molecule has 30 heavy (non-hydrogen) atoms. The Bertz CT molecular complexity index is 517. The zero-order valence-electron chi connectivity index (χ0n) is 20.7. The van der Waals surface area contributed by atoms with Crippen molar-refractivity contribution < 1.29 is 9.84 Å². The van der Waals surface area contributed by atoms with Crippen LogP contribution in [-0.2, 0) is 4.74 Å². The van der Waals surface area contributed by atoms with Crippen LogP contribution in [-0.4, -0.2) is 18.8 Å². The number of aliphatic hydroxyl groups excluding tert-OH is 1. The highest BCUT2D eigenvalue weighted by Crippen LogP contribution is 2.08. The van der Waals surface area contributed by atoms with Gasteiger partial charge in [-0.25, -0.2) is 0 Å². The van der Waals surface area contributed by atoms with E-state index in [-0.39, 0.29) is 0 Å². The van der Waals surface area contributed by atoms with Crippen LogP contribution in [0.1, 0.15) is 73.6 Å². The van der Waals surface area contributed by atoms with Crippen LogP contribution < -0.4 is 0 Å². The quantitative estimate of drug-likeness (QED) is 0.133. The first-order chi connectivity index (χ1) is 14.7. The molecule has 0 spiro atoms. The van der Waals surface area contributed by atoms with Crippen molar-refractivity contribution in [2.45, 2.75) is 73.6 Å². The van der Waals surface area contributed by atoms with Gasteiger partial charge in [0.25, 0.3) is 0 Å². The summed E-state index contributed by atoms with van der Waals surface area (Å²) in [6.07, 6.45) is 33.0. The Morgan fingerprint density at radius 1 is 0.833 bits per heavy atom. The maximum absolute atomic E-state index is 7.00. The lowest BCUT2D eigenvalue weighted by Gasteiger charge is -2.09. The maximum atomic E-state index is 7.00. The Morgan fingerprint density at radius 3 is 2.10 bits per heavy atom. The Hall–Kier alpha value is -2.06. The summed E-state index contributed by atoms with van der Waals surface area (Å²) >= 11 is 0. The van der Waals surface area contributed by atoms with Gasteiger partial charge in [-0.05, 0) is 57.1 Å². The van der Waals surface area contributed by atoms with Crippen LogP contribution in [0, 0.1) is 5.92 Å². The van der Waals surface area contributed by atoms with Crippen molar-refractivity contribution in [3.05, 3.63) is 84.7 Å². The topological polar surface area (TPSA) is 29.5 Å². The second-order valence-electron chi connectivity index (χ2n) is 6.17. The van der Waals surface area contributed by atoms with Crippen molar-refractivity contribution in [1.29, 1.82) is 0 Å². The summed E-state index contributed by atoms with van der Waals surface area (Å²) in [6.45, 7) is 13.3. The van der Waals surface area contributed by atoms with E-state index in [0.717, 1.165) is 51.6 Å². The Labute approximate surface area is 188 Å². The van der Waals surface area contributed by atoms with Crippen LogP contribution in [0.4, 0.5) is 0 Å². The fraction of sp³-hybridized carbons (Fsp3) is 0.500. The molecule has 0 aromatic rings.